The number of anilines is 1. The minimum Gasteiger partial charge on any atom is -0.508 e. The Hall–Kier alpha value is -3.94. The lowest BCUT2D eigenvalue weighted by Gasteiger charge is -2.50. The molecule has 7 N–H and O–H groups in total. The Bertz CT molecular complexity index is 1460. The number of phenols is 1. The fourth-order valence-corrected chi connectivity index (χ4v) is 6.96. The highest BCUT2D eigenvalue weighted by atomic mass is 16.5. The third-order valence-electron chi connectivity index (χ3n) is 8.93. The van der Waals surface area contributed by atoms with Gasteiger partial charge >= 0.3 is 0 Å². The topological polar surface area (TPSA) is 203 Å². The van der Waals surface area contributed by atoms with Gasteiger partial charge in [-0.15, -0.1) is 0 Å². The monoisotopic (exact) mass is 584 g/mol. The average molecular weight is 585 g/mol. The molecule has 2 fully saturated rings. The van der Waals surface area contributed by atoms with Crippen LogP contribution in [0, 0.1) is 11.8 Å². The van der Waals surface area contributed by atoms with Gasteiger partial charge in [0.05, 0.1) is 11.6 Å². The van der Waals surface area contributed by atoms with Gasteiger partial charge in [-0.05, 0) is 57.3 Å². The molecule has 13 heteroatoms. The second-order valence-electron chi connectivity index (χ2n) is 11.8. The molecule has 42 heavy (non-hydrogen) atoms. The summed E-state index contributed by atoms with van der Waals surface area (Å²) in [6.45, 7) is 0.411. The number of primary amides is 1. The zero-order valence-electron chi connectivity index (χ0n) is 23.9. The number of carbonyl (C=O) groups is 4. The molecular weight excluding hydrogens is 548 g/mol. The number of phenolic OH excluding ortho intramolecular Hbond substituents is 1. The molecule has 4 aliphatic rings. The van der Waals surface area contributed by atoms with Gasteiger partial charge in [0, 0.05) is 50.0 Å². The summed E-state index contributed by atoms with van der Waals surface area (Å²) in [6, 6.07) is 0.544. The van der Waals surface area contributed by atoms with Crippen molar-refractivity contribution in [3.8, 4) is 5.75 Å². The summed E-state index contributed by atoms with van der Waals surface area (Å²) in [6.07, 6.45) is 0.940. The minimum absolute atomic E-state index is 0.00140. The lowest BCUT2D eigenvalue weighted by molar-refractivity contribution is -0.153. The first-order valence-electron chi connectivity index (χ1n) is 13.8. The number of aliphatic hydroxyl groups excluding tert-OH is 2. The number of aromatic hydroxyl groups is 1. The van der Waals surface area contributed by atoms with Gasteiger partial charge < -0.3 is 41.1 Å². The molecule has 0 aromatic heterocycles. The Balaban J connectivity index is 1.63. The van der Waals surface area contributed by atoms with Crippen LogP contribution in [0.1, 0.15) is 36.0 Å². The summed E-state index contributed by atoms with van der Waals surface area (Å²) in [7, 11) is 6.65. The molecule has 226 valence electrons. The standard InChI is InChI=1S/C29H36N4O9/c1-32(2)16-10-13(11-31-28(40)17-6-5-7-42-17)22(34)19-14(16)8-12-9-15-21(33(3)4)24(36)20(27(30)39)26(38)29(15,41)25(37)18(12)23(19)35/h10,12,15,17,21,34-35,38,41H,5-9,11H2,1-4H3,(H2,30,39)(H,31,40)/t12-,15-,17?,21?,29-/m0/s1. The number of nitrogens with zero attached hydrogens (tertiary/aromatic N) is 2. The molecule has 5 rings (SSSR count). The maximum atomic E-state index is 14.1. The van der Waals surface area contributed by atoms with Crippen LogP contribution in [0.15, 0.2) is 23.0 Å². The van der Waals surface area contributed by atoms with Crippen molar-refractivity contribution in [2.24, 2.45) is 17.6 Å². The van der Waals surface area contributed by atoms with Crippen molar-refractivity contribution in [3.05, 3.63) is 39.7 Å². The lowest BCUT2D eigenvalue weighted by Crippen LogP contribution is -2.65. The third-order valence-corrected chi connectivity index (χ3v) is 8.93. The van der Waals surface area contributed by atoms with Crippen LogP contribution in [0.25, 0.3) is 5.76 Å². The number of nitrogens with two attached hydrogens (primary N) is 1. The highest BCUT2D eigenvalue weighted by Crippen LogP contribution is 2.54. The van der Waals surface area contributed by atoms with Gasteiger partial charge in [0.2, 0.25) is 11.7 Å². The van der Waals surface area contributed by atoms with Gasteiger partial charge in [0.15, 0.2) is 11.4 Å². The van der Waals surface area contributed by atoms with Crippen LogP contribution in [0.5, 0.6) is 5.75 Å². The molecule has 5 atom stereocenters. The van der Waals surface area contributed by atoms with E-state index in [0.717, 1.165) is 6.42 Å². The SMILES string of the molecule is CN(C)c1cc(CNC(=O)C2CCCO2)c(O)c2c1C[C@H]1C[C@H]3C(N(C)C)C(=O)C(C(N)=O)=C(O)[C@@]3(O)C(=O)C1=C2O. The summed E-state index contributed by atoms with van der Waals surface area (Å²) in [5.74, 6) is -7.41. The van der Waals surface area contributed by atoms with E-state index in [-0.39, 0.29) is 47.7 Å². The Morgan fingerprint density at radius 1 is 1.17 bits per heavy atom. The van der Waals surface area contributed by atoms with Gasteiger partial charge in [-0.2, -0.15) is 0 Å². The van der Waals surface area contributed by atoms with Crippen LogP contribution in [0.4, 0.5) is 5.69 Å². The van der Waals surface area contributed by atoms with Crippen LogP contribution < -0.4 is 16.0 Å². The number of ether oxygens (including phenoxy) is 1. The number of ketones is 2. The van der Waals surface area contributed by atoms with Crippen molar-refractivity contribution in [3.63, 3.8) is 0 Å². The molecule has 13 nitrogen and oxygen atoms in total. The quantitative estimate of drug-likeness (QED) is 0.242. The lowest BCUT2D eigenvalue weighted by atomic mass is 9.57. The summed E-state index contributed by atoms with van der Waals surface area (Å²) in [5.41, 5.74) is 2.99. The molecule has 0 radical (unpaired) electrons. The van der Waals surface area contributed by atoms with Gasteiger partial charge in [0.25, 0.3) is 5.91 Å². The fourth-order valence-electron chi connectivity index (χ4n) is 6.96. The minimum atomic E-state index is -2.71. The number of hydrogen-bond donors (Lipinski definition) is 6. The Morgan fingerprint density at radius 2 is 1.86 bits per heavy atom. The Morgan fingerprint density at radius 3 is 2.43 bits per heavy atom. The van der Waals surface area contributed by atoms with Gasteiger partial charge in [-0.25, -0.2) is 0 Å². The van der Waals surface area contributed by atoms with Crippen LogP contribution in [0.3, 0.4) is 0 Å². The van der Waals surface area contributed by atoms with Gasteiger partial charge in [-0.1, -0.05) is 0 Å². The summed E-state index contributed by atoms with van der Waals surface area (Å²) in [4.78, 5) is 55.3. The first-order valence-corrected chi connectivity index (χ1v) is 13.8. The number of rotatable bonds is 6. The zero-order chi connectivity index (χ0) is 30.8. The van der Waals surface area contributed by atoms with E-state index in [4.69, 9.17) is 10.5 Å². The Labute approximate surface area is 242 Å². The molecule has 1 saturated carbocycles. The highest BCUT2D eigenvalue weighted by molar-refractivity contribution is 6.24. The van der Waals surface area contributed by atoms with E-state index in [1.54, 1.807) is 39.2 Å². The van der Waals surface area contributed by atoms with Crippen LogP contribution in [-0.4, -0.2) is 101 Å². The second kappa shape index (κ2) is 10.4. The van der Waals surface area contributed by atoms with E-state index < -0.39 is 64.1 Å². The van der Waals surface area contributed by atoms with Crippen molar-refractivity contribution in [1.82, 2.24) is 10.2 Å². The van der Waals surface area contributed by atoms with Crippen LogP contribution in [-0.2, 0) is 36.9 Å². The van der Waals surface area contributed by atoms with E-state index in [1.165, 1.54) is 4.90 Å². The summed E-state index contributed by atoms with van der Waals surface area (Å²) < 4.78 is 5.42. The molecule has 0 bridgehead atoms. The number of fused-ring (bicyclic) bond motifs is 3. The molecular formula is C29H36N4O9. The first kappa shape index (κ1) is 29.5. The molecule has 1 aromatic carbocycles. The van der Waals surface area contributed by atoms with Crippen LogP contribution in [0.2, 0.25) is 0 Å². The number of amides is 2. The third kappa shape index (κ3) is 4.26. The molecule has 2 unspecified atom stereocenters. The van der Waals surface area contributed by atoms with Gasteiger partial charge in [-0.3, -0.25) is 24.1 Å². The largest absolute Gasteiger partial charge is 0.508 e. The second-order valence-corrected chi connectivity index (χ2v) is 11.8. The maximum Gasteiger partial charge on any atom is 0.255 e. The number of likely N-dealkylation sites (N-methyl/N-ethyl adjacent to an activating group) is 1. The molecule has 1 aliphatic heterocycles. The number of carbonyl (C=O) groups excluding carboxylic acids is 4. The molecule has 0 spiro atoms. The maximum absolute atomic E-state index is 14.1. The van der Waals surface area contributed by atoms with Crippen LogP contribution >= 0.6 is 0 Å². The fraction of sp³-hybridized carbons (Fsp3) is 0.517. The van der Waals surface area contributed by atoms with Crippen molar-refractivity contribution >= 4 is 34.8 Å². The molecule has 2 amide bonds. The highest BCUT2D eigenvalue weighted by Gasteiger charge is 2.64. The predicted octanol–water partition coefficient (Wildman–Crippen LogP) is -0.175. The first-order chi connectivity index (χ1) is 19.7. The average Bonchev–Trinajstić information content (AvgIpc) is 3.45. The smallest absolute Gasteiger partial charge is 0.255 e. The van der Waals surface area contributed by atoms with E-state index in [0.29, 0.717) is 24.3 Å². The number of nitrogens with one attached hydrogen (secondary N) is 1. The van der Waals surface area contributed by atoms with Crippen molar-refractivity contribution in [2.45, 2.75) is 50.0 Å². The van der Waals surface area contributed by atoms with Gasteiger partial charge in [0.1, 0.15) is 28.9 Å². The Kier molecular flexibility index (Phi) is 7.32. The van der Waals surface area contributed by atoms with Crippen molar-refractivity contribution < 1.29 is 44.3 Å². The number of Topliss-reactive ketones (excluding diaryl/α,β-unsaturated/α-hetero) is 2. The molecule has 1 heterocycles. The van der Waals surface area contributed by atoms with Crippen molar-refractivity contribution in [2.75, 3.05) is 39.7 Å². The normalized spacial score (nSPS) is 28.9. The van der Waals surface area contributed by atoms with E-state index in [1.807, 2.05) is 0 Å². The number of hydrogen-bond acceptors (Lipinski definition) is 11. The number of benzene rings is 1. The summed E-state index contributed by atoms with van der Waals surface area (Å²) >= 11 is 0. The van der Waals surface area contributed by atoms with E-state index in [2.05, 4.69) is 5.32 Å². The predicted molar refractivity (Wildman–Crippen MR) is 149 cm³/mol. The molecule has 1 saturated heterocycles. The molecule has 1 aromatic rings. The van der Waals surface area contributed by atoms with E-state index in [9.17, 15) is 39.6 Å². The van der Waals surface area contributed by atoms with E-state index >= 15 is 0 Å². The summed E-state index contributed by atoms with van der Waals surface area (Å²) in [5, 5.41) is 48.4. The van der Waals surface area contributed by atoms with Crippen molar-refractivity contribution in [1.29, 1.82) is 0 Å². The molecule has 3 aliphatic carbocycles. The number of aliphatic hydroxyl groups is 3. The zero-order valence-corrected chi connectivity index (χ0v) is 23.9.